The van der Waals surface area contributed by atoms with E-state index in [1.165, 1.54) is 32.4 Å². The summed E-state index contributed by atoms with van der Waals surface area (Å²) in [7, 11) is 0.906. The third-order valence-corrected chi connectivity index (χ3v) is 9.53. The zero-order chi connectivity index (χ0) is 50.9. The predicted molar refractivity (Wildman–Crippen MR) is 247 cm³/mol. The van der Waals surface area contributed by atoms with Gasteiger partial charge in [-0.25, -0.2) is 9.86 Å². The summed E-state index contributed by atoms with van der Waals surface area (Å²) in [6.07, 6.45) is 2.12. The smallest absolute Gasteiger partial charge is 0.416 e. The van der Waals surface area contributed by atoms with Gasteiger partial charge in [0, 0.05) is 57.0 Å². The molecule has 2 atom stereocenters. The van der Waals surface area contributed by atoms with Gasteiger partial charge in [-0.1, -0.05) is 31.5 Å². The molecule has 0 fully saturated rings. The van der Waals surface area contributed by atoms with Crippen LogP contribution in [0.2, 0.25) is 5.02 Å². The Kier molecular flexibility index (Phi) is 22.2. The largest absolute Gasteiger partial charge is 0.778 e. The quantitative estimate of drug-likeness (QED) is 0.0399. The number of hydroxylamine groups is 2. The Hall–Kier alpha value is -5.32. The Balaban J connectivity index is 0.000000363. The molecule has 5 rings (SSSR count). The van der Waals surface area contributed by atoms with Crippen molar-refractivity contribution in [3.8, 4) is 34.5 Å². The summed E-state index contributed by atoms with van der Waals surface area (Å²) in [4.78, 5) is 54.7. The van der Waals surface area contributed by atoms with Crippen LogP contribution in [0.3, 0.4) is 0 Å². The molecule has 18 nitrogen and oxygen atoms in total. The number of hydrogen-bond acceptors (Lipinski definition) is 13. The molecule has 2 amide bonds. The van der Waals surface area contributed by atoms with Crippen LogP contribution in [0.15, 0.2) is 78.9 Å². The molecule has 0 bridgehead atoms. The summed E-state index contributed by atoms with van der Waals surface area (Å²) in [6, 6.07) is 19.0. The lowest BCUT2D eigenvalue weighted by Gasteiger charge is -2.43. The molecular weight excluding hydrogens is 952 g/mol. The van der Waals surface area contributed by atoms with Crippen molar-refractivity contribution in [2.45, 2.75) is 51.5 Å². The highest BCUT2D eigenvalue weighted by Gasteiger charge is 2.42. The van der Waals surface area contributed by atoms with E-state index in [4.69, 9.17) is 50.1 Å². The topological polar surface area (TPSA) is 241 Å². The summed E-state index contributed by atoms with van der Waals surface area (Å²) >= 11 is 5.80. The van der Waals surface area contributed by atoms with Crippen molar-refractivity contribution in [3.05, 3.63) is 105 Å². The highest BCUT2D eigenvalue weighted by Crippen LogP contribution is 2.47. The second kappa shape index (κ2) is 25.7. The van der Waals surface area contributed by atoms with Crippen LogP contribution in [0.5, 0.6) is 34.5 Å². The van der Waals surface area contributed by atoms with Crippen LogP contribution in [-0.2, 0) is 41.4 Å². The summed E-state index contributed by atoms with van der Waals surface area (Å²) in [5.74, 6) is 0.339. The number of hydrogen-bond donors (Lipinski definition) is 4. The number of carbonyl (C=O) groups excluding carboxylic acids is 1. The summed E-state index contributed by atoms with van der Waals surface area (Å²) in [5, 5.41) is 24.5. The first kappa shape index (κ1) is 57.8. The molecule has 0 saturated carbocycles. The average molecular weight is 1010 g/mol. The highest BCUT2D eigenvalue weighted by atomic mass is 35.5. The molecule has 1 heterocycles. The standard InChI is InChI=1S/C22H28N2O5.C15H11ClF3NO4.C3H8NO5P.C3H9S/c1-21(2)14-22(3,26-5)29-19-13-17(11-12-18(19)21)28-16-9-7-15(8-10-16)23-20(25)24(4)27-6;1-2-23-14-8-10(4-5-12(14)20(21)22)24-13-6-3-9(7-11(13)16)15(17,18)19;5-3(6)1-4-2-10(7,8)9;1-4(2)3/h7-13H,14H2,1-6H3,(H,23,25);3-8H,2H2,1H3;4H,1-2H2,(H,5,6)(H2,7,8,9);1-3H3/q;;;+1/p-1. The molecule has 4 N–H and O–H groups in total. The van der Waals surface area contributed by atoms with Crippen LogP contribution in [0.25, 0.3) is 0 Å². The van der Waals surface area contributed by atoms with E-state index in [0.29, 0.717) is 28.1 Å². The number of nitrogens with one attached hydrogen (secondary N) is 2. The minimum absolute atomic E-state index is 0.0111. The van der Waals surface area contributed by atoms with Crippen LogP contribution in [0.1, 0.15) is 45.2 Å². The summed E-state index contributed by atoms with van der Waals surface area (Å²) in [5.41, 5.74) is 0.533. The van der Waals surface area contributed by atoms with Crippen molar-refractivity contribution >= 4 is 53.5 Å². The highest BCUT2D eigenvalue weighted by molar-refractivity contribution is 7.94. The van der Waals surface area contributed by atoms with Crippen molar-refractivity contribution in [3.63, 3.8) is 0 Å². The molecule has 0 radical (unpaired) electrons. The average Bonchev–Trinajstić information content (AvgIpc) is 3.21. The molecule has 1 aliphatic rings. The summed E-state index contributed by atoms with van der Waals surface area (Å²) < 4.78 is 76.0. The Morgan fingerprint density at radius 2 is 1.54 bits per heavy atom. The van der Waals surface area contributed by atoms with Crippen molar-refractivity contribution < 1.29 is 75.7 Å². The van der Waals surface area contributed by atoms with Gasteiger partial charge < -0.3 is 48.5 Å². The normalized spacial score (nSPS) is 15.5. The lowest BCUT2D eigenvalue weighted by atomic mass is 9.76. The minimum Gasteiger partial charge on any atom is -0.778 e. The first-order valence-corrected chi connectivity index (χ1v) is 24.3. The van der Waals surface area contributed by atoms with Gasteiger partial charge in [-0.2, -0.15) is 13.2 Å². The Labute approximate surface area is 394 Å². The zero-order valence-electron chi connectivity index (χ0n) is 38.4. The first-order chi connectivity index (χ1) is 31.0. The minimum atomic E-state index is -4.52. The molecule has 4 aromatic rings. The number of halogens is 4. The third-order valence-electron chi connectivity index (χ3n) is 8.61. The number of benzene rings is 4. The van der Waals surface area contributed by atoms with Gasteiger partial charge >= 0.3 is 23.9 Å². The number of amides is 2. The lowest BCUT2D eigenvalue weighted by Crippen LogP contribution is -2.45. The Morgan fingerprint density at radius 3 is 2.04 bits per heavy atom. The maximum Gasteiger partial charge on any atom is 0.416 e. The number of rotatable bonds is 14. The van der Waals surface area contributed by atoms with Crippen LogP contribution >= 0.6 is 19.2 Å². The molecule has 0 aromatic heterocycles. The number of alkyl halides is 3. The number of ether oxygens (including phenoxy) is 5. The third kappa shape index (κ3) is 20.2. The van der Waals surface area contributed by atoms with Crippen LogP contribution < -0.4 is 34.5 Å². The van der Waals surface area contributed by atoms with Gasteiger partial charge in [-0.15, -0.1) is 0 Å². The van der Waals surface area contributed by atoms with E-state index < -0.39 is 48.8 Å². The number of carboxylic acids is 1. The molecule has 24 heteroatoms. The number of methoxy groups -OCH3 is 1. The number of nitro benzene ring substituents is 1. The molecule has 0 spiro atoms. The van der Waals surface area contributed by atoms with Gasteiger partial charge in [-0.3, -0.25) is 25.1 Å². The maximum absolute atomic E-state index is 12.6. The van der Waals surface area contributed by atoms with E-state index in [2.05, 4.69) is 37.9 Å². The molecule has 2 unspecified atom stereocenters. The number of carboxylic acid groups (broad SMARTS) is 1. The predicted octanol–water partition coefficient (Wildman–Crippen LogP) is 9.04. The van der Waals surface area contributed by atoms with E-state index >= 15 is 0 Å². The molecule has 370 valence electrons. The van der Waals surface area contributed by atoms with Gasteiger partial charge in [-0.05, 0) is 77.8 Å². The van der Waals surface area contributed by atoms with Crippen LogP contribution in [0.4, 0.5) is 29.3 Å². The molecule has 0 aliphatic carbocycles. The van der Waals surface area contributed by atoms with E-state index in [9.17, 15) is 42.3 Å². The van der Waals surface area contributed by atoms with Gasteiger partial charge in [0.2, 0.25) is 11.5 Å². The van der Waals surface area contributed by atoms with E-state index in [0.717, 1.165) is 41.0 Å². The first-order valence-electron chi connectivity index (χ1n) is 19.7. The van der Waals surface area contributed by atoms with Crippen molar-refractivity contribution in [1.29, 1.82) is 0 Å². The van der Waals surface area contributed by atoms with Crippen molar-refractivity contribution in [2.75, 3.05) is 64.8 Å². The molecule has 67 heavy (non-hydrogen) atoms. The summed E-state index contributed by atoms with van der Waals surface area (Å²) in [6.45, 7) is 7.68. The second-order valence-corrected chi connectivity index (χ2v) is 19.7. The van der Waals surface area contributed by atoms with Crippen LogP contribution in [0, 0.1) is 10.1 Å². The molecule has 1 aliphatic heterocycles. The monoisotopic (exact) mass is 1010 g/mol. The maximum atomic E-state index is 12.6. The van der Waals surface area contributed by atoms with Gasteiger partial charge in [0.15, 0.2) is 0 Å². The zero-order valence-corrected chi connectivity index (χ0v) is 40.9. The van der Waals surface area contributed by atoms with Crippen LogP contribution in [-0.4, -0.2) is 97.2 Å². The molecular formula is C43H55ClF3N4O14PS. The fourth-order valence-electron chi connectivity index (χ4n) is 5.69. The van der Waals surface area contributed by atoms with E-state index in [-0.39, 0.29) is 46.0 Å². The number of fused-ring (bicyclic) bond motifs is 1. The number of anilines is 1. The van der Waals surface area contributed by atoms with Gasteiger partial charge in [0.05, 0.1) is 60.8 Å². The number of nitro groups is 1. The number of nitrogens with zero attached hydrogens (tertiary/aromatic N) is 2. The van der Waals surface area contributed by atoms with Gasteiger partial charge in [0.1, 0.15) is 36.3 Å². The van der Waals surface area contributed by atoms with Gasteiger partial charge in [0.25, 0.3) is 0 Å². The van der Waals surface area contributed by atoms with E-state index in [1.54, 1.807) is 38.3 Å². The fraction of sp³-hybridized carbons (Fsp3) is 0.395. The fourth-order valence-corrected chi connectivity index (χ4v) is 6.30. The Bertz CT molecular complexity index is 2320. The molecule has 0 saturated heterocycles. The number of urea groups is 1. The SMILES string of the molecule is CCOc1cc(Oc2ccc(C(F)(F)F)cc2Cl)ccc1[N+](=O)[O-].CON(C)C(=O)Nc1ccc(Oc2ccc3c(c2)OC(C)(OC)CC3(C)C)cc1.C[S+](C)C.O=C(O)CNCP(=O)([O-])O. The number of carbonyl (C=O) groups is 2. The number of aliphatic carboxylic acids is 1. The molecule has 4 aromatic carbocycles. The Morgan fingerprint density at radius 1 is 0.955 bits per heavy atom. The van der Waals surface area contributed by atoms with Crippen molar-refractivity contribution in [2.24, 2.45) is 0 Å². The van der Waals surface area contributed by atoms with Crippen molar-refractivity contribution in [1.82, 2.24) is 10.4 Å². The second-order valence-electron chi connectivity index (χ2n) is 15.3. The van der Waals surface area contributed by atoms with E-state index in [1.807, 2.05) is 30.4 Å². The lowest BCUT2D eigenvalue weighted by molar-refractivity contribution is -0.385.